The van der Waals surface area contributed by atoms with E-state index < -0.39 is 16.2 Å². The molecular weight excluding hydrogens is 328 g/mol. The zero-order valence-corrected chi connectivity index (χ0v) is 14.8. The van der Waals surface area contributed by atoms with E-state index in [1.807, 2.05) is 18.9 Å². The average Bonchev–Trinajstić information content (AvgIpc) is 2.55. The number of rotatable bonds is 7. The molecular formula is C16H24N4O3S. The van der Waals surface area contributed by atoms with Gasteiger partial charge in [-0.05, 0) is 26.1 Å². The van der Waals surface area contributed by atoms with Crippen LogP contribution in [0.1, 0.15) is 6.92 Å². The highest BCUT2D eigenvalue weighted by Crippen LogP contribution is 2.25. The number of anilines is 1. The number of carbonyl (C=O) groups excluding carboxylic acids is 1. The van der Waals surface area contributed by atoms with Crippen LogP contribution in [0.3, 0.4) is 0 Å². The highest BCUT2D eigenvalue weighted by Gasteiger charge is 2.34. The van der Waals surface area contributed by atoms with Crippen molar-refractivity contribution in [1.29, 1.82) is 0 Å². The Bertz CT molecular complexity index is 705. The summed E-state index contributed by atoms with van der Waals surface area (Å²) < 4.78 is 27.0. The molecule has 0 saturated heterocycles. The Balaban J connectivity index is 2.10. The van der Waals surface area contributed by atoms with Crippen molar-refractivity contribution in [1.82, 2.24) is 14.5 Å². The second kappa shape index (κ2) is 7.78. The second-order valence-electron chi connectivity index (χ2n) is 5.66. The molecule has 1 aliphatic rings. The average molecular weight is 352 g/mol. The lowest BCUT2D eigenvalue weighted by molar-refractivity contribution is -0.132. The molecule has 132 valence electrons. The number of nitrogens with zero attached hydrogens (tertiary/aromatic N) is 2. The van der Waals surface area contributed by atoms with Crippen molar-refractivity contribution >= 4 is 21.6 Å². The number of amides is 1. The third-order valence-electron chi connectivity index (χ3n) is 3.88. The van der Waals surface area contributed by atoms with Crippen LogP contribution in [0.25, 0.3) is 0 Å². The highest BCUT2D eigenvalue weighted by molar-refractivity contribution is 7.89. The Morgan fingerprint density at radius 3 is 2.71 bits per heavy atom. The van der Waals surface area contributed by atoms with Crippen molar-refractivity contribution in [2.75, 3.05) is 38.5 Å². The SMILES string of the molecule is C=CCN(C)CCN(CC)C(=O)C1Nc2ccccc2S(=O)(=O)N1. The molecule has 0 fully saturated rings. The summed E-state index contributed by atoms with van der Waals surface area (Å²) >= 11 is 0. The number of likely N-dealkylation sites (N-methyl/N-ethyl adjacent to an activating group) is 2. The van der Waals surface area contributed by atoms with E-state index in [2.05, 4.69) is 16.6 Å². The third-order valence-corrected chi connectivity index (χ3v) is 5.36. The van der Waals surface area contributed by atoms with Crippen LogP contribution >= 0.6 is 0 Å². The third kappa shape index (κ3) is 4.14. The maximum absolute atomic E-state index is 12.7. The largest absolute Gasteiger partial charge is 0.360 e. The molecule has 0 bridgehead atoms. The molecule has 0 spiro atoms. The van der Waals surface area contributed by atoms with Crippen LogP contribution < -0.4 is 10.0 Å². The van der Waals surface area contributed by atoms with Crippen molar-refractivity contribution in [2.24, 2.45) is 0 Å². The number of carbonyl (C=O) groups is 1. The number of para-hydroxylation sites is 1. The van der Waals surface area contributed by atoms with Crippen molar-refractivity contribution in [3.8, 4) is 0 Å². The molecule has 2 N–H and O–H groups in total. The zero-order chi connectivity index (χ0) is 17.7. The summed E-state index contributed by atoms with van der Waals surface area (Å²) in [5, 5.41) is 2.97. The number of hydrogen-bond acceptors (Lipinski definition) is 5. The van der Waals surface area contributed by atoms with Crippen molar-refractivity contribution < 1.29 is 13.2 Å². The van der Waals surface area contributed by atoms with Gasteiger partial charge in [-0.15, -0.1) is 6.58 Å². The summed E-state index contributed by atoms with van der Waals surface area (Å²) in [4.78, 5) is 16.5. The first kappa shape index (κ1) is 18.4. The first-order valence-corrected chi connectivity index (χ1v) is 9.33. The predicted octanol–water partition coefficient (Wildman–Crippen LogP) is 0.683. The Kier molecular flexibility index (Phi) is 5.98. The molecule has 2 rings (SSSR count). The van der Waals surface area contributed by atoms with Gasteiger partial charge in [0.05, 0.1) is 5.69 Å². The quantitative estimate of drug-likeness (QED) is 0.706. The van der Waals surface area contributed by atoms with Gasteiger partial charge in [-0.25, -0.2) is 8.42 Å². The van der Waals surface area contributed by atoms with Gasteiger partial charge in [-0.3, -0.25) is 4.79 Å². The van der Waals surface area contributed by atoms with Gasteiger partial charge in [0.25, 0.3) is 5.91 Å². The molecule has 7 nitrogen and oxygen atoms in total. The smallest absolute Gasteiger partial charge is 0.261 e. The standard InChI is InChI=1S/C16H24N4O3S/c1-4-10-19(3)11-12-20(5-2)16(21)15-17-13-8-6-7-9-14(13)24(22,23)18-15/h4,6-9,15,17-18H,1,5,10-12H2,2-3H3. The lowest BCUT2D eigenvalue weighted by Gasteiger charge is -2.32. The monoisotopic (exact) mass is 352 g/mol. The number of benzene rings is 1. The fourth-order valence-electron chi connectivity index (χ4n) is 2.55. The first-order chi connectivity index (χ1) is 11.4. The maximum atomic E-state index is 12.7. The molecule has 1 amide bonds. The molecule has 0 aromatic heterocycles. The molecule has 1 heterocycles. The van der Waals surface area contributed by atoms with E-state index >= 15 is 0 Å². The van der Waals surface area contributed by atoms with E-state index in [0.29, 0.717) is 25.3 Å². The molecule has 1 atom stereocenters. The van der Waals surface area contributed by atoms with Crippen molar-refractivity contribution in [3.05, 3.63) is 36.9 Å². The van der Waals surface area contributed by atoms with E-state index in [-0.39, 0.29) is 10.8 Å². The predicted molar refractivity (Wildman–Crippen MR) is 94.1 cm³/mol. The minimum atomic E-state index is -3.70. The summed E-state index contributed by atoms with van der Waals surface area (Å²) in [5.74, 6) is -0.289. The van der Waals surface area contributed by atoms with Crippen LogP contribution in [0.2, 0.25) is 0 Å². The van der Waals surface area contributed by atoms with Gasteiger partial charge >= 0.3 is 0 Å². The summed E-state index contributed by atoms with van der Waals surface area (Å²) in [5.41, 5.74) is 0.439. The van der Waals surface area contributed by atoms with Crippen LogP contribution in [0, 0.1) is 0 Å². The van der Waals surface area contributed by atoms with Gasteiger partial charge in [-0.2, -0.15) is 4.72 Å². The van der Waals surface area contributed by atoms with Crippen LogP contribution in [0.4, 0.5) is 5.69 Å². The van der Waals surface area contributed by atoms with Gasteiger partial charge in [-0.1, -0.05) is 18.2 Å². The van der Waals surface area contributed by atoms with E-state index in [9.17, 15) is 13.2 Å². The number of fused-ring (bicyclic) bond motifs is 1. The van der Waals surface area contributed by atoms with Gasteiger partial charge in [0.15, 0.2) is 6.17 Å². The minimum absolute atomic E-state index is 0.155. The second-order valence-corrected chi connectivity index (χ2v) is 7.35. The molecule has 0 aliphatic carbocycles. The fraction of sp³-hybridized carbons (Fsp3) is 0.438. The van der Waals surface area contributed by atoms with Crippen LogP contribution in [-0.4, -0.2) is 63.5 Å². The van der Waals surface area contributed by atoms with Crippen LogP contribution in [0.15, 0.2) is 41.8 Å². The summed E-state index contributed by atoms with van der Waals surface area (Å²) in [6.07, 6.45) is 0.806. The minimum Gasteiger partial charge on any atom is -0.360 e. The van der Waals surface area contributed by atoms with Gasteiger partial charge in [0, 0.05) is 26.2 Å². The van der Waals surface area contributed by atoms with E-state index in [1.165, 1.54) is 6.07 Å². The molecule has 0 radical (unpaired) electrons. The Morgan fingerprint density at radius 2 is 2.04 bits per heavy atom. The summed E-state index contributed by atoms with van der Waals surface area (Å²) in [6, 6.07) is 6.54. The Labute approximate surface area is 143 Å². The molecule has 1 aliphatic heterocycles. The van der Waals surface area contributed by atoms with Crippen molar-refractivity contribution in [2.45, 2.75) is 18.0 Å². The van der Waals surface area contributed by atoms with E-state index in [0.717, 1.165) is 6.54 Å². The summed E-state index contributed by atoms with van der Waals surface area (Å²) in [6.45, 7) is 7.99. The van der Waals surface area contributed by atoms with Crippen LogP contribution in [-0.2, 0) is 14.8 Å². The number of nitrogens with one attached hydrogen (secondary N) is 2. The number of hydrogen-bond donors (Lipinski definition) is 2. The van der Waals surface area contributed by atoms with Crippen LogP contribution in [0.5, 0.6) is 0 Å². The van der Waals surface area contributed by atoms with Gasteiger partial charge in [0.2, 0.25) is 10.0 Å². The normalized spacial score (nSPS) is 18.5. The first-order valence-electron chi connectivity index (χ1n) is 7.85. The lowest BCUT2D eigenvalue weighted by Crippen LogP contribution is -2.55. The molecule has 0 saturated carbocycles. The lowest BCUT2D eigenvalue weighted by atomic mass is 10.3. The Morgan fingerprint density at radius 1 is 1.33 bits per heavy atom. The van der Waals surface area contributed by atoms with Crippen molar-refractivity contribution in [3.63, 3.8) is 0 Å². The highest BCUT2D eigenvalue weighted by atomic mass is 32.2. The molecule has 1 aromatic rings. The Hall–Kier alpha value is -1.90. The van der Waals surface area contributed by atoms with E-state index in [1.54, 1.807) is 29.2 Å². The zero-order valence-electron chi connectivity index (χ0n) is 14.0. The van der Waals surface area contributed by atoms with Gasteiger partial charge < -0.3 is 15.1 Å². The molecule has 8 heteroatoms. The topological polar surface area (TPSA) is 81.8 Å². The molecule has 24 heavy (non-hydrogen) atoms. The summed E-state index contributed by atoms with van der Waals surface area (Å²) in [7, 11) is -1.76. The fourth-order valence-corrected chi connectivity index (χ4v) is 3.82. The number of sulfonamides is 1. The van der Waals surface area contributed by atoms with Gasteiger partial charge in [0.1, 0.15) is 4.90 Å². The van der Waals surface area contributed by atoms with E-state index in [4.69, 9.17) is 0 Å². The molecule has 1 aromatic carbocycles. The maximum Gasteiger partial charge on any atom is 0.261 e. The molecule has 1 unspecified atom stereocenters.